The average molecular weight is 344 g/mol. The van der Waals surface area contributed by atoms with Gasteiger partial charge in [0.25, 0.3) is 5.91 Å². The van der Waals surface area contributed by atoms with E-state index in [2.05, 4.69) is 21.2 Å². The van der Waals surface area contributed by atoms with Crippen molar-refractivity contribution >= 4 is 21.8 Å². The van der Waals surface area contributed by atoms with Gasteiger partial charge in [-0.3, -0.25) is 4.79 Å². The van der Waals surface area contributed by atoms with Crippen LogP contribution >= 0.6 is 15.9 Å². The number of carbonyl (C=O) groups is 1. The van der Waals surface area contributed by atoms with E-state index >= 15 is 0 Å². The molecule has 1 fully saturated rings. The number of ether oxygens (including phenoxy) is 1. The summed E-state index contributed by atoms with van der Waals surface area (Å²) >= 11 is 3.62. The maximum Gasteiger partial charge on any atom is 0.258 e. The van der Waals surface area contributed by atoms with Gasteiger partial charge in [0.2, 0.25) is 0 Å². The van der Waals surface area contributed by atoms with Crippen LogP contribution in [0.25, 0.3) is 0 Å². The molecule has 1 amide bonds. The highest BCUT2D eigenvalue weighted by atomic mass is 79.9. The maximum absolute atomic E-state index is 13.8. The number of methoxy groups -OCH3 is 1. The van der Waals surface area contributed by atoms with E-state index in [0.717, 1.165) is 12.8 Å². The zero-order chi connectivity index (χ0) is 14.5. The van der Waals surface area contributed by atoms with Crippen LogP contribution in [-0.2, 0) is 0 Å². The summed E-state index contributed by atoms with van der Waals surface area (Å²) in [6, 6.07) is 4.39. The van der Waals surface area contributed by atoms with Gasteiger partial charge in [0, 0.05) is 11.4 Å². The summed E-state index contributed by atoms with van der Waals surface area (Å²) in [6.07, 6.45) is 4.51. The van der Waals surface area contributed by atoms with Crippen molar-refractivity contribution in [1.82, 2.24) is 5.32 Å². The number of alkyl halides is 1. The largest absolute Gasteiger partial charge is 0.496 e. The molecule has 1 aliphatic rings. The maximum atomic E-state index is 13.8. The van der Waals surface area contributed by atoms with Crippen molar-refractivity contribution < 1.29 is 13.9 Å². The monoisotopic (exact) mass is 343 g/mol. The Balaban J connectivity index is 1.98. The molecule has 1 N–H and O–H groups in total. The van der Waals surface area contributed by atoms with Crippen LogP contribution in [0.15, 0.2) is 18.2 Å². The molecule has 3 nitrogen and oxygen atoms in total. The Morgan fingerprint density at radius 3 is 3.00 bits per heavy atom. The normalized spacial score (nSPS) is 22.4. The minimum Gasteiger partial charge on any atom is -0.496 e. The number of rotatable bonds is 4. The SMILES string of the molecule is COc1cccc(F)c1C(=O)NCC1CCCC(Br)C1. The molecule has 0 radical (unpaired) electrons. The zero-order valence-electron chi connectivity index (χ0n) is 11.5. The number of halogens is 2. The molecule has 2 unspecified atom stereocenters. The summed E-state index contributed by atoms with van der Waals surface area (Å²) in [4.78, 5) is 12.7. The Kier molecular flexibility index (Phi) is 5.40. The molecule has 1 saturated carbocycles. The molecule has 0 aliphatic heterocycles. The van der Waals surface area contributed by atoms with E-state index in [4.69, 9.17) is 4.74 Å². The lowest BCUT2D eigenvalue weighted by Crippen LogP contribution is -2.32. The van der Waals surface area contributed by atoms with Gasteiger partial charge in [0.15, 0.2) is 0 Å². The smallest absolute Gasteiger partial charge is 0.258 e. The second-order valence-electron chi connectivity index (χ2n) is 5.16. The number of carbonyl (C=O) groups excluding carboxylic acids is 1. The van der Waals surface area contributed by atoms with Crippen LogP contribution in [0.5, 0.6) is 5.75 Å². The first kappa shape index (κ1) is 15.3. The predicted molar refractivity (Wildman–Crippen MR) is 80.0 cm³/mol. The van der Waals surface area contributed by atoms with Crippen LogP contribution in [0.1, 0.15) is 36.0 Å². The average Bonchev–Trinajstić information content (AvgIpc) is 2.44. The molecular weight excluding hydrogens is 325 g/mol. The van der Waals surface area contributed by atoms with Crippen LogP contribution in [0.4, 0.5) is 4.39 Å². The van der Waals surface area contributed by atoms with Crippen LogP contribution in [-0.4, -0.2) is 24.4 Å². The van der Waals surface area contributed by atoms with Gasteiger partial charge in [-0.2, -0.15) is 0 Å². The predicted octanol–water partition coefficient (Wildman–Crippen LogP) is 3.52. The zero-order valence-corrected chi connectivity index (χ0v) is 13.1. The molecule has 2 rings (SSSR count). The third-order valence-electron chi connectivity index (χ3n) is 3.69. The molecule has 0 bridgehead atoms. The van der Waals surface area contributed by atoms with Crippen molar-refractivity contribution in [3.05, 3.63) is 29.6 Å². The molecule has 2 atom stereocenters. The molecule has 0 spiro atoms. The first-order valence-electron chi connectivity index (χ1n) is 6.86. The van der Waals surface area contributed by atoms with Crippen LogP contribution in [0.3, 0.4) is 0 Å². The number of nitrogens with one attached hydrogen (secondary N) is 1. The van der Waals surface area contributed by atoms with E-state index in [9.17, 15) is 9.18 Å². The van der Waals surface area contributed by atoms with Crippen molar-refractivity contribution in [3.63, 3.8) is 0 Å². The summed E-state index contributed by atoms with van der Waals surface area (Å²) < 4.78 is 18.8. The highest BCUT2D eigenvalue weighted by Gasteiger charge is 2.22. The fourth-order valence-electron chi connectivity index (χ4n) is 2.63. The summed E-state index contributed by atoms with van der Waals surface area (Å²) in [5.41, 5.74) is -0.0128. The van der Waals surface area contributed by atoms with E-state index in [1.165, 1.54) is 32.1 Å². The van der Waals surface area contributed by atoms with E-state index < -0.39 is 11.7 Å². The van der Waals surface area contributed by atoms with Gasteiger partial charge in [-0.1, -0.05) is 28.4 Å². The lowest BCUT2D eigenvalue weighted by atomic mass is 9.89. The standard InChI is InChI=1S/C15H19BrFNO2/c1-20-13-7-3-6-12(17)14(13)15(19)18-9-10-4-2-5-11(16)8-10/h3,6-7,10-11H,2,4-5,8-9H2,1H3,(H,18,19). The van der Waals surface area contributed by atoms with Gasteiger partial charge >= 0.3 is 0 Å². The number of benzene rings is 1. The Hall–Kier alpha value is -1.10. The molecule has 5 heteroatoms. The molecule has 1 aromatic carbocycles. The number of amides is 1. The minimum atomic E-state index is -0.552. The molecule has 0 heterocycles. The third-order valence-corrected chi connectivity index (χ3v) is 4.52. The highest BCUT2D eigenvalue weighted by molar-refractivity contribution is 9.09. The highest BCUT2D eigenvalue weighted by Crippen LogP contribution is 2.28. The Bertz CT molecular complexity index is 481. The van der Waals surface area contributed by atoms with Gasteiger partial charge in [-0.05, 0) is 37.3 Å². The molecule has 110 valence electrons. The van der Waals surface area contributed by atoms with Gasteiger partial charge in [0.1, 0.15) is 17.1 Å². The van der Waals surface area contributed by atoms with Crippen LogP contribution in [0.2, 0.25) is 0 Å². The van der Waals surface area contributed by atoms with Crippen molar-refractivity contribution in [2.75, 3.05) is 13.7 Å². The summed E-state index contributed by atoms with van der Waals surface area (Å²) in [6.45, 7) is 0.582. The topological polar surface area (TPSA) is 38.3 Å². The molecule has 0 saturated heterocycles. The fraction of sp³-hybridized carbons (Fsp3) is 0.533. The van der Waals surface area contributed by atoms with Crippen LogP contribution in [0, 0.1) is 11.7 Å². The van der Waals surface area contributed by atoms with Gasteiger partial charge in [-0.15, -0.1) is 0 Å². The van der Waals surface area contributed by atoms with Gasteiger partial charge < -0.3 is 10.1 Å². The Morgan fingerprint density at radius 1 is 1.50 bits per heavy atom. The summed E-state index contributed by atoms with van der Waals surface area (Å²) in [5, 5.41) is 2.82. The summed E-state index contributed by atoms with van der Waals surface area (Å²) in [5.74, 6) is -0.236. The molecule has 1 aromatic rings. The summed E-state index contributed by atoms with van der Waals surface area (Å²) in [7, 11) is 1.43. The van der Waals surface area contributed by atoms with E-state index in [0.29, 0.717) is 17.3 Å². The minimum absolute atomic E-state index is 0.0128. The van der Waals surface area contributed by atoms with Crippen molar-refractivity contribution in [3.8, 4) is 5.75 Å². The number of hydrogen-bond acceptors (Lipinski definition) is 2. The second kappa shape index (κ2) is 7.07. The van der Waals surface area contributed by atoms with Crippen molar-refractivity contribution in [2.24, 2.45) is 5.92 Å². The van der Waals surface area contributed by atoms with Crippen LogP contribution < -0.4 is 10.1 Å². The molecule has 20 heavy (non-hydrogen) atoms. The first-order valence-corrected chi connectivity index (χ1v) is 7.78. The van der Waals surface area contributed by atoms with E-state index in [-0.39, 0.29) is 11.3 Å². The fourth-order valence-corrected chi connectivity index (χ4v) is 3.48. The lowest BCUT2D eigenvalue weighted by molar-refractivity contribution is 0.0936. The van der Waals surface area contributed by atoms with Crippen molar-refractivity contribution in [1.29, 1.82) is 0 Å². The second-order valence-corrected chi connectivity index (χ2v) is 6.45. The Morgan fingerprint density at radius 2 is 2.30 bits per heavy atom. The third kappa shape index (κ3) is 3.72. The van der Waals surface area contributed by atoms with Crippen molar-refractivity contribution in [2.45, 2.75) is 30.5 Å². The van der Waals surface area contributed by atoms with Gasteiger partial charge in [-0.25, -0.2) is 4.39 Å². The number of hydrogen-bond donors (Lipinski definition) is 1. The van der Waals surface area contributed by atoms with Gasteiger partial charge in [0.05, 0.1) is 7.11 Å². The first-order chi connectivity index (χ1) is 9.61. The lowest BCUT2D eigenvalue weighted by Gasteiger charge is -2.25. The van der Waals surface area contributed by atoms with E-state index in [1.807, 2.05) is 0 Å². The molecular formula is C15H19BrFNO2. The molecule has 0 aromatic heterocycles. The quantitative estimate of drug-likeness (QED) is 0.849. The van der Waals surface area contributed by atoms with E-state index in [1.54, 1.807) is 6.07 Å². The molecule has 1 aliphatic carbocycles. The Labute approximate surface area is 127 Å².